The zero-order chi connectivity index (χ0) is 19.1. The zero-order valence-corrected chi connectivity index (χ0v) is 15.1. The molecule has 0 amide bonds. The molecular formula is C14H6Cl4F4N2O. The second-order valence-electron chi connectivity index (χ2n) is 4.75. The van der Waals surface area contributed by atoms with Crippen molar-refractivity contribution >= 4 is 57.7 Å². The number of rotatable bonds is 3. The molecule has 1 heterocycles. The number of nitrogens with zero attached hydrogens (tertiary/aromatic N) is 2. The van der Waals surface area contributed by atoms with Gasteiger partial charge in [0.15, 0.2) is 5.69 Å². The average molecular weight is 436 g/mol. The van der Waals surface area contributed by atoms with Gasteiger partial charge in [0.05, 0.1) is 10.0 Å². The summed E-state index contributed by atoms with van der Waals surface area (Å²) in [5.74, 6) is -0.954. The van der Waals surface area contributed by atoms with Crippen LogP contribution >= 0.6 is 46.4 Å². The molecule has 1 aromatic carbocycles. The number of aryl methyl sites for hydroxylation is 1. The van der Waals surface area contributed by atoms with E-state index in [9.17, 15) is 22.4 Å². The van der Waals surface area contributed by atoms with Crippen molar-refractivity contribution in [1.29, 1.82) is 0 Å². The van der Waals surface area contributed by atoms with Crippen molar-refractivity contribution in [2.45, 2.75) is 6.18 Å². The third kappa shape index (κ3) is 4.11. The van der Waals surface area contributed by atoms with Crippen LogP contribution in [-0.4, -0.2) is 15.0 Å². The van der Waals surface area contributed by atoms with Crippen molar-refractivity contribution in [3.63, 3.8) is 0 Å². The molecule has 0 aliphatic carbocycles. The van der Waals surface area contributed by atoms with Crippen molar-refractivity contribution < 1.29 is 22.4 Å². The minimum absolute atomic E-state index is 0.0485. The fourth-order valence-corrected chi connectivity index (χ4v) is 2.78. The molecule has 0 aliphatic rings. The topological polar surface area (TPSA) is 34.9 Å². The molecule has 0 saturated carbocycles. The number of halogens is 8. The van der Waals surface area contributed by atoms with Crippen molar-refractivity contribution in [3.05, 3.63) is 44.3 Å². The number of hydrogen-bond acceptors (Lipinski definition) is 2. The van der Waals surface area contributed by atoms with E-state index in [1.54, 1.807) is 0 Å². The van der Waals surface area contributed by atoms with Crippen LogP contribution < -0.4 is 0 Å². The molecule has 0 saturated heterocycles. The van der Waals surface area contributed by atoms with Crippen LogP contribution in [0, 0.1) is 5.82 Å². The number of benzene rings is 1. The molecule has 0 spiro atoms. The molecule has 0 aliphatic heterocycles. The van der Waals surface area contributed by atoms with Gasteiger partial charge in [-0.15, -0.1) is 0 Å². The van der Waals surface area contributed by atoms with Crippen LogP contribution in [0.3, 0.4) is 0 Å². The van der Waals surface area contributed by atoms with E-state index in [2.05, 4.69) is 5.10 Å². The van der Waals surface area contributed by atoms with E-state index in [-0.39, 0.29) is 16.1 Å². The molecule has 2 aromatic rings. The van der Waals surface area contributed by atoms with Gasteiger partial charge in [-0.3, -0.25) is 9.48 Å². The first-order chi connectivity index (χ1) is 11.4. The van der Waals surface area contributed by atoms with Gasteiger partial charge in [-0.25, -0.2) is 4.39 Å². The van der Waals surface area contributed by atoms with Gasteiger partial charge in [0.1, 0.15) is 16.5 Å². The van der Waals surface area contributed by atoms with Crippen LogP contribution in [0.1, 0.15) is 11.3 Å². The molecule has 1 aromatic heterocycles. The van der Waals surface area contributed by atoms with Crippen LogP contribution in [0.2, 0.25) is 10.0 Å². The van der Waals surface area contributed by atoms with Gasteiger partial charge in [0.2, 0.25) is 0 Å². The summed E-state index contributed by atoms with van der Waals surface area (Å²) in [4.78, 5) is 11.0. The fourth-order valence-electron chi connectivity index (χ4n) is 2.03. The molecule has 0 radical (unpaired) electrons. The maximum atomic E-state index is 14.2. The summed E-state index contributed by atoms with van der Waals surface area (Å²) in [6.45, 7) is 0. The van der Waals surface area contributed by atoms with Crippen molar-refractivity contribution in [2.75, 3.05) is 0 Å². The van der Waals surface area contributed by atoms with E-state index in [4.69, 9.17) is 46.4 Å². The predicted molar refractivity (Wildman–Crippen MR) is 88.3 cm³/mol. The third-order valence-electron chi connectivity index (χ3n) is 3.07. The summed E-state index contributed by atoms with van der Waals surface area (Å²) >= 11 is 22.4. The van der Waals surface area contributed by atoms with Crippen LogP contribution in [-0.2, 0) is 18.0 Å². The summed E-state index contributed by atoms with van der Waals surface area (Å²) < 4.78 is 53.7. The van der Waals surface area contributed by atoms with E-state index in [1.807, 2.05) is 0 Å². The first kappa shape index (κ1) is 20.0. The molecule has 2 rings (SSSR count). The second-order valence-corrected chi connectivity index (χ2v) is 6.29. The highest BCUT2D eigenvalue weighted by molar-refractivity contribution is 6.74. The van der Waals surface area contributed by atoms with Crippen LogP contribution in [0.15, 0.2) is 17.2 Å². The van der Waals surface area contributed by atoms with Crippen molar-refractivity contribution in [1.82, 2.24) is 9.78 Å². The smallest absolute Gasteiger partial charge is 0.275 e. The van der Waals surface area contributed by atoms with E-state index >= 15 is 0 Å². The monoisotopic (exact) mass is 434 g/mol. The number of alkyl halides is 3. The first-order valence-electron chi connectivity index (χ1n) is 6.29. The molecule has 0 unspecified atom stereocenters. The molecule has 0 bridgehead atoms. The van der Waals surface area contributed by atoms with E-state index in [0.717, 1.165) is 25.3 Å². The van der Waals surface area contributed by atoms with Gasteiger partial charge < -0.3 is 0 Å². The van der Waals surface area contributed by atoms with Gasteiger partial charge in [-0.2, -0.15) is 18.3 Å². The minimum Gasteiger partial charge on any atom is -0.275 e. The van der Waals surface area contributed by atoms with Gasteiger partial charge in [-0.1, -0.05) is 34.8 Å². The highest BCUT2D eigenvalue weighted by Gasteiger charge is 2.39. The summed E-state index contributed by atoms with van der Waals surface area (Å²) in [5, 5.41) is 1.32. The van der Waals surface area contributed by atoms with Crippen LogP contribution in [0.4, 0.5) is 17.6 Å². The number of allylic oxidation sites excluding steroid dienone is 1. The number of hydrogen-bond donors (Lipinski definition) is 0. The summed E-state index contributed by atoms with van der Waals surface area (Å²) in [7, 11) is 1.02. The lowest BCUT2D eigenvalue weighted by Crippen LogP contribution is -2.12. The summed E-state index contributed by atoms with van der Waals surface area (Å²) in [6.07, 6.45) is -3.74. The summed E-state index contributed by atoms with van der Waals surface area (Å²) in [6, 6.07) is 1.90. The maximum Gasteiger partial charge on any atom is 0.434 e. The summed E-state index contributed by atoms with van der Waals surface area (Å²) in [5.41, 5.74) is -1.97. The molecule has 0 N–H and O–H groups in total. The highest BCUT2D eigenvalue weighted by atomic mass is 35.5. The molecule has 25 heavy (non-hydrogen) atoms. The normalized spacial score (nSPS) is 12.6. The third-order valence-corrected chi connectivity index (χ3v) is 4.34. The zero-order valence-electron chi connectivity index (χ0n) is 12.1. The van der Waals surface area contributed by atoms with Gasteiger partial charge in [0, 0.05) is 12.6 Å². The van der Waals surface area contributed by atoms with Gasteiger partial charge in [0.25, 0.3) is 5.24 Å². The molecular weight excluding hydrogens is 430 g/mol. The first-order valence-corrected chi connectivity index (χ1v) is 7.80. The largest absolute Gasteiger partial charge is 0.434 e. The van der Waals surface area contributed by atoms with Crippen LogP contribution in [0.25, 0.3) is 17.3 Å². The molecule has 0 atom stereocenters. The molecule has 11 heteroatoms. The Morgan fingerprint density at radius 3 is 2.32 bits per heavy atom. The number of carbonyl (C=O) groups is 1. The number of aromatic nitrogens is 2. The van der Waals surface area contributed by atoms with Crippen molar-refractivity contribution in [3.8, 4) is 11.3 Å². The minimum atomic E-state index is -4.78. The Balaban J connectivity index is 2.69. The highest BCUT2D eigenvalue weighted by Crippen LogP contribution is 2.41. The predicted octanol–water partition coefficient (Wildman–Crippen LogP) is 5.90. The fraction of sp³-hybridized carbons (Fsp3) is 0.143. The lowest BCUT2D eigenvalue weighted by molar-refractivity contribution is -0.143. The standard InChI is InChI=1S/C14H6Cl4F4N2O/c1-24-12(14(20,21)22)10(17)11(23-24)6-2-5(3-8(16)13(18)25)7(15)4-9(6)19/h2-4H,1H3/b8-3-. The van der Waals surface area contributed by atoms with Crippen molar-refractivity contribution in [2.24, 2.45) is 7.05 Å². The van der Waals surface area contributed by atoms with E-state index in [1.165, 1.54) is 0 Å². The Morgan fingerprint density at radius 2 is 1.84 bits per heavy atom. The molecule has 134 valence electrons. The number of carbonyl (C=O) groups excluding carboxylic acids is 1. The Morgan fingerprint density at radius 1 is 1.24 bits per heavy atom. The van der Waals surface area contributed by atoms with E-state index < -0.39 is 38.7 Å². The Kier molecular flexibility index (Phi) is 5.73. The Labute approximate surface area is 158 Å². The molecule has 3 nitrogen and oxygen atoms in total. The van der Waals surface area contributed by atoms with Gasteiger partial charge in [-0.05, 0) is 35.4 Å². The Bertz CT molecular complexity index is 890. The maximum absolute atomic E-state index is 14.2. The average Bonchev–Trinajstić information content (AvgIpc) is 2.76. The van der Waals surface area contributed by atoms with Gasteiger partial charge >= 0.3 is 6.18 Å². The lowest BCUT2D eigenvalue weighted by Gasteiger charge is -2.07. The lowest BCUT2D eigenvalue weighted by atomic mass is 10.1. The Hall–Kier alpha value is -1.28. The van der Waals surface area contributed by atoms with E-state index in [0.29, 0.717) is 4.68 Å². The SMILES string of the molecule is Cn1nc(-c2cc(/C=C(\Cl)C(=O)Cl)c(Cl)cc2F)c(Cl)c1C(F)(F)F. The quantitative estimate of drug-likeness (QED) is 0.342. The van der Waals surface area contributed by atoms with Crippen LogP contribution in [0.5, 0.6) is 0 Å². The molecule has 0 fully saturated rings. The second kappa shape index (κ2) is 7.15.